The molecule has 1 amide bonds. The predicted molar refractivity (Wildman–Crippen MR) is 151 cm³/mol. The molecule has 39 heavy (non-hydrogen) atoms. The fourth-order valence-corrected chi connectivity index (χ4v) is 5.37. The first kappa shape index (κ1) is 26.9. The van der Waals surface area contributed by atoms with Crippen LogP contribution in [0.2, 0.25) is 10.0 Å². The molecule has 0 saturated carbocycles. The first-order chi connectivity index (χ1) is 18.9. The fourth-order valence-electron chi connectivity index (χ4n) is 4.66. The number of hydrogen-bond donors (Lipinski definition) is 1. The van der Waals surface area contributed by atoms with Crippen LogP contribution in [-0.2, 0) is 11.2 Å². The highest BCUT2D eigenvalue weighted by Gasteiger charge is 2.25. The van der Waals surface area contributed by atoms with Crippen molar-refractivity contribution in [2.45, 2.75) is 6.42 Å². The monoisotopic (exact) mass is 570 g/mol. The van der Waals surface area contributed by atoms with Crippen LogP contribution in [0.1, 0.15) is 5.82 Å². The summed E-state index contributed by atoms with van der Waals surface area (Å²) >= 11 is 13.6. The largest absolute Gasteiger partial charge is 0.495 e. The van der Waals surface area contributed by atoms with Gasteiger partial charge in [0.25, 0.3) is 0 Å². The molecule has 4 heterocycles. The summed E-state index contributed by atoms with van der Waals surface area (Å²) in [4.78, 5) is 29.9. The van der Waals surface area contributed by atoms with Crippen molar-refractivity contribution in [1.82, 2.24) is 34.4 Å². The summed E-state index contributed by atoms with van der Waals surface area (Å²) in [5.74, 6) is 1.90. The van der Waals surface area contributed by atoms with Gasteiger partial charge in [0.15, 0.2) is 17.1 Å². The number of pyridine rings is 1. The zero-order valence-electron chi connectivity index (χ0n) is 21.9. The van der Waals surface area contributed by atoms with Crippen LogP contribution in [0.3, 0.4) is 0 Å². The Balaban J connectivity index is 1.57. The Kier molecular flexibility index (Phi) is 7.74. The summed E-state index contributed by atoms with van der Waals surface area (Å²) in [5.41, 5.74) is 2.29. The number of carbonyl (C=O) groups is 1. The Morgan fingerprint density at radius 1 is 1.08 bits per heavy atom. The number of methoxy groups -OCH3 is 2. The van der Waals surface area contributed by atoms with Crippen molar-refractivity contribution in [3.8, 4) is 22.6 Å². The van der Waals surface area contributed by atoms with Gasteiger partial charge < -0.3 is 19.7 Å². The summed E-state index contributed by atoms with van der Waals surface area (Å²) < 4.78 is 12.7. The van der Waals surface area contributed by atoms with E-state index in [0.29, 0.717) is 75.2 Å². The third-order valence-electron chi connectivity index (χ3n) is 6.77. The van der Waals surface area contributed by atoms with Crippen LogP contribution in [0, 0.1) is 0 Å². The van der Waals surface area contributed by atoms with E-state index in [1.165, 1.54) is 20.3 Å². The van der Waals surface area contributed by atoms with Gasteiger partial charge in [0.2, 0.25) is 11.9 Å². The van der Waals surface area contributed by atoms with Crippen LogP contribution in [0.25, 0.3) is 27.8 Å². The van der Waals surface area contributed by atoms with Crippen molar-refractivity contribution in [3.05, 3.63) is 46.9 Å². The zero-order valence-corrected chi connectivity index (χ0v) is 23.4. The van der Waals surface area contributed by atoms with Gasteiger partial charge >= 0.3 is 0 Å². The first-order valence-corrected chi connectivity index (χ1v) is 13.1. The topological polar surface area (TPSA) is 110 Å². The van der Waals surface area contributed by atoms with Crippen LogP contribution >= 0.6 is 23.2 Å². The second kappa shape index (κ2) is 11.2. The molecule has 13 heteroatoms. The van der Waals surface area contributed by atoms with E-state index >= 15 is 0 Å². The predicted octanol–water partition coefficient (Wildman–Crippen LogP) is 3.58. The van der Waals surface area contributed by atoms with Crippen molar-refractivity contribution in [2.75, 3.05) is 59.3 Å². The Bertz CT molecular complexity index is 1540. The Labute approximate surface area is 235 Å². The van der Waals surface area contributed by atoms with E-state index in [2.05, 4.69) is 26.8 Å². The molecule has 0 atom stereocenters. The lowest BCUT2D eigenvalue weighted by molar-refractivity contribution is -0.127. The molecular weight excluding hydrogens is 543 g/mol. The van der Waals surface area contributed by atoms with Crippen LogP contribution in [0.4, 0.5) is 5.95 Å². The van der Waals surface area contributed by atoms with E-state index in [-0.39, 0.29) is 5.91 Å². The number of aromatic nitrogens is 5. The number of hydrogen-bond acceptors (Lipinski definition) is 9. The molecule has 0 aliphatic carbocycles. The minimum atomic E-state index is -0.0366. The summed E-state index contributed by atoms with van der Waals surface area (Å²) in [6.07, 6.45) is 3.67. The number of piperazine rings is 1. The molecule has 204 valence electrons. The highest BCUT2D eigenvalue weighted by Crippen LogP contribution is 2.47. The molecule has 0 radical (unpaired) electrons. The minimum Gasteiger partial charge on any atom is -0.495 e. The second-order valence-electron chi connectivity index (χ2n) is 8.95. The molecular formula is C26H28Cl2N8O3. The van der Waals surface area contributed by atoms with Gasteiger partial charge in [-0.15, -0.1) is 5.10 Å². The molecule has 5 rings (SSSR count). The van der Waals surface area contributed by atoms with Crippen molar-refractivity contribution < 1.29 is 14.3 Å². The molecule has 1 fully saturated rings. The molecule has 11 nitrogen and oxygen atoms in total. The Morgan fingerprint density at radius 2 is 1.77 bits per heavy atom. The fraction of sp³-hybridized carbons (Fsp3) is 0.346. The molecule has 1 aromatic carbocycles. The number of nitrogens with zero attached hydrogens (tertiary/aromatic N) is 7. The van der Waals surface area contributed by atoms with Gasteiger partial charge in [0, 0.05) is 75.0 Å². The molecule has 4 aromatic rings. The highest BCUT2D eigenvalue weighted by molar-refractivity contribution is 6.41. The lowest BCUT2D eigenvalue weighted by Gasteiger charge is -2.33. The quantitative estimate of drug-likeness (QED) is 0.318. The van der Waals surface area contributed by atoms with Crippen molar-refractivity contribution in [1.29, 1.82) is 0 Å². The second-order valence-corrected chi connectivity index (χ2v) is 9.71. The molecule has 1 saturated heterocycles. The molecule has 1 N–H and O–H groups in total. The average molecular weight is 571 g/mol. The van der Waals surface area contributed by atoms with Crippen LogP contribution in [0.15, 0.2) is 31.0 Å². The van der Waals surface area contributed by atoms with Gasteiger partial charge in [0.05, 0.1) is 24.3 Å². The minimum absolute atomic E-state index is 0.0366. The van der Waals surface area contributed by atoms with Crippen LogP contribution in [-0.4, -0.2) is 94.3 Å². The molecule has 0 spiro atoms. The summed E-state index contributed by atoms with van der Waals surface area (Å²) in [7, 11) is 4.82. The Morgan fingerprint density at radius 3 is 2.38 bits per heavy atom. The number of nitrogens with one attached hydrogen (secondary N) is 1. The number of anilines is 1. The number of fused-ring (bicyclic) bond motifs is 3. The maximum Gasteiger partial charge on any atom is 0.246 e. The van der Waals surface area contributed by atoms with Gasteiger partial charge in [-0.1, -0.05) is 29.8 Å². The van der Waals surface area contributed by atoms with Crippen molar-refractivity contribution in [2.24, 2.45) is 0 Å². The van der Waals surface area contributed by atoms with Gasteiger partial charge in [0.1, 0.15) is 11.5 Å². The highest BCUT2D eigenvalue weighted by atomic mass is 35.5. The molecule has 0 bridgehead atoms. The van der Waals surface area contributed by atoms with E-state index in [0.717, 1.165) is 25.0 Å². The number of amides is 1. The Hall–Kier alpha value is -3.67. The number of rotatable bonds is 8. The van der Waals surface area contributed by atoms with Crippen LogP contribution in [0.5, 0.6) is 11.5 Å². The number of carbonyl (C=O) groups excluding carboxylic acids is 1. The van der Waals surface area contributed by atoms with E-state index in [1.807, 2.05) is 6.07 Å². The maximum atomic E-state index is 11.9. The zero-order chi connectivity index (χ0) is 27.7. The smallest absolute Gasteiger partial charge is 0.246 e. The van der Waals surface area contributed by atoms with E-state index in [1.54, 1.807) is 28.7 Å². The lowest BCUT2D eigenvalue weighted by Crippen LogP contribution is -2.48. The van der Waals surface area contributed by atoms with E-state index < -0.39 is 0 Å². The van der Waals surface area contributed by atoms with E-state index in [4.69, 9.17) is 42.8 Å². The van der Waals surface area contributed by atoms with Gasteiger partial charge in [-0.05, 0) is 12.1 Å². The van der Waals surface area contributed by atoms with E-state index in [9.17, 15) is 4.79 Å². The molecule has 1 aliphatic rings. The SMILES string of the molecule is C=CC(=O)N1CCN(CCc2nc3c(-c4c(Cl)c(OC)cc(OC)c4Cl)cc4cnc(NC)nc4n3n2)CC1. The number of benzene rings is 1. The molecule has 3 aromatic heterocycles. The van der Waals surface area contributed by atoms with Crippen molar-refractivity contribution in [3.63, 3.8) is 0 Å². The first-order valence-electron chi connectivity index (χ1n) is 12.4. The third kappa shape index (κ3) is 5.05. The van der Waals surface area contributed by atoms with Gasteiger partial charge in [-0.3, -0.25) is 9.69 Å². The van der Waals surface area contributed by atoms with Gasteiger partial charge in [-0.2, -0.15) is 9.50 Å². The normalized spacial score (nSPS) is 14.1. The number of ether oxygens (including phenoxy) is 2. The lowest BCUT2D eigenvalue weighted by atomic mass is 10.0. The number of halogens is 2. The molecule has 0 unspecified atom stereocenters. The third-order valence-corrected chi connectivity index (χ3v) is 7.52. The van der Waals surface area contributed by atoms with Gasteiger partial charge in [-0.25, -0.2) is 9.97 Å². The molecule has 1 aliphatic heterocycles. The van der Waals surface area contributed by atoms with Crippen molar-refractivity contribution >= 4 is 51.7 Å². The summed E-state index contributed by atoms with van der Waals surface area (Å²) in [6.45, 7) is 7.19. The maximum absolute atomic E-state index is 11.9. The summed E-state index contributed by atoms with van der Waals surface area (Å²) in [5, 5.41) is 9.17. The standard InChI is InChI=1S/C26H28Cl2N8O3/c1-5-20(37)35-10-8-34(9-11-35)7-6-19-31-25-16(21-22(27)17(38-3)13-18(39-4)23(21)28)12-15-14-30-26(29-2)32-24(15)36(25)33-19/h5,12-14H,1,6-11H2,2-4H3,(H,29,30,32). The van der Waals surface area contributed by atoms with Crippen LogP contribution < -0.4 is 14.8 Å². The summed E-state index contributed by atoms with van der Waals surface area (Å²) in [6, 6.07) is 3.54. The average Bonchev–Trinajstić information content (AvgIpc) is 3.40.